The van der Waals surface area contributed by atoms with Crippen molar-refractivity contribution in [3.05, 3.63) is 58.7 Å². The first kappa shape index (κ1) is 13.0. The number of pyridine rings is 1. The number of imidazole rings is 1. The molecular weight excluding hydrogens is 340 g/mol. The number of aromatic nitrogens is 3. The molecule has 1 N–H and O–H groups in total. The maximum atomic E-state index is 9.25. The fraction of sp³-hybridized carbons (Fsp3) is 0. The second kappa shape index (κ2) is 4.93. The van der Waals surface area contributed by atoms with E-state index in [0.29, 0.717) is 11.4 Å². The summed E-state index contributed by atoms with van der Waals surface area (Å²) in [5.74, 6) is 0.685. The zero-order chi connectivity index (χ0) is 15.1. The normalized spacial score (nSPS) is 10.9. The molecular formula is C17H9BrN4. The quantitative estimate of drug-likeness (QED) is 0.553. The molecule has 0 aliphatic rings. The van der Waals surface area contributed by atoms with E-state index in [9.17, 15) is 5.26 Å². The van der Waals surface area contributed by atoms with Crippen molar-refractivity contribution < 1.29 is 0 Å². The lowest BCUT2D eigenvalue weighted by molar-refractivity contribution is 1.32. The first-order chi connectivity index (χ1) is 10.8. The summed E-state index contributed by atoms with van der Waals surface area (Å²) in [6, 6.07) is 15.6. The third-order valence-corrected chi connectivity index (χ3v) is 4.08. The maximum absolute atomic E-state index is 9.25. The SMILES string of the molecule is N#Cc1ccccc1-c1nc2c(cnc3cc(Br)ccc32)[nH]1. The van der Waals surface area contributed by atoms with Crippen molar-refractivity contribution in [3.8, 4) is 17.5 Å². The third kappa shape index (κ3) is 1.97. The van der Waals surface area contributed by atoms with E-state index >= 15 is 0 Å². The van der Waals surface area contributed by atoms with Gasteiger partial charge in [0.25, 0.3) is 0 Å². The van der Waals surface area contributed by atoms with Gasteiger partial charge in [0.15, 0.2) is 0 Å². The third-order valence-electron chi connectivity index (χ3n) is 3.58. The van der Waals surface area contributed by atoms with Crippen LogP contribution in [-0.2, 0) is 0 Å². The molecule has 0 aliphatic carbocycles. The number of benzene rings is 2. The van der Waals surface area contributed by atoms with Crippen LogP contribution < -0.4 is 0 Å². The van der Waals surface area contributed by atoms with Crippen molar-refractivity contribution in [3.63, 3.8) is 0 Å². The van der Waals surface area contributed by atoms with Gasteiger partial charge in [-0.2, -0.15) is 5.26 Å². The average Bonchev–Trinajstić information content (AvgIpc) is 2.98. The van der Waals surface area contributed by atoms with Gasteiger partial charge in [-0.1, -0.05) is 28.1 Å². The van der Waals surface area contributed by atoms with Gasteiger partial charge in [-0.05, 0) is 30.3 Å². The van der Waals surface area contributed by atoms with Crippen LogP contribution in [0.2, 0.25) is 0 Å². The maximum Gasteiger partial charge on any atom is 0.139 e. The van der Waals surface area contributed by atoms with E-state index in [-0.39, 0.29) is 0 Å². The van der Waals surface area contributed by atoms with Gasteiger partial charge in [-0.15, -0.1) is 0 Å². The molecule has 4 rings (SSSR count). The highest BCUT2D eigenvalue weighted by atomic mass is 79.9. The molecule has 0 aliphatic heterocycles. The van der Waals surface area contributed by atoms with Gasteiger partial charge in [0, 0.05) is 15.4 Å². The first-order valence-electron chi connectivity index (χ1n) is 6.70. The van der Waals surface area contributed by atoms with Gasteiger partial charge < -0.3 is 4.98 Å². The summed E-state index contributed by atoms with van der Waals surface area (Å²) in [7, 11) is 0. The molecule has 0 amide bonds. The standard InChI is InChI=1S/C17H9BrN4/c18-11-5-6-13-14(7-11)20-9-15-16(13)22-17(21-15)12-4-2-1-3-10(12)8-19/h1-7,9H,(H,21,22). The monoisotopic (exact) mass is 348 g/mol. The van der Waals surface area contributed by atoms with Gasteiger partial charge in [0.05, 0.1) is 34.4 Å². The molecule has 2 aromatic heterocycles. The number of hydrogen-bond acceptors (Lipinski definition) is 3. The summed E-state index contributed by atoms with van der Waals surface area (Å²) in [5, 5.41) is 10.2. The van der Waals surface area contributed by atoms with Crippen LogP contribution in [0.1, 0.15) is 5.56 Å². The molecule has 0 saturated carbocycles. The summed E-state index contributed by atoms with van der Waals surface area (Å²) in [4.78, 5) is 12.4. The summed E-state index contributed by atoms with van der Waals surface area (Å²) in [6.07, 6.45) is 1.77. The number of nitrogens with one attached hydrogen (secondary N) is 1. The first-order valence-corrected chi connectivity index (χ1v) is 7.49. The average molecular weight is 349 g/mol. The summed E-state index contributed by atoms with van der Waals surface area (Å²) in [6.45, 7) is 0. The number of hydrogen-bond donors (Lipinski definition) is 1. The minimum absolute atomic E-state index is 0.599. The van der Waals surface area contributed by atoms with Crippen molar-refractivity contribution in [1.29, 1.82) is 5.26 Å². The largest absolute Gasteiger partial charge is 0.337 e. The van der Waals surface area contributed by atoms with Crippen LogP contribution in [0.4, 0.5) is 0 Å². The molecule has 0 unspecified atom stereocenters. The number of nitrogens with zero attached hydrogens (tertiary/aromatic N) is 3. The van der Waals surface area contributed by atoms with E-state index in [0.717, 1.165) is 32.0 Å². The van der Waals surface area contributed by atoms with Crippen molar-refractivity contribution in [2.45, 2.75) is 0 Å². The number of H-pyrrole nitrogens is 1. The molecule has 22 heavy (non-hydrogen) atoms. The van der Waals surface area contributed by atoms with Crippen LogP contribution in [0.15, 0.2) is 53.1 Å². The van der Waals surface area contributed by atoms with Crippen molar-refractivity contribution in [2.24, 2.45) is 0 Å². The Morgan fingerprint density at radius 3 is 2.86 bits per heavy atom. The van der Waals surface area contributed by atoms with E-state index < -0.39 is 0 Å². The van der Waals surface area contributed by atoms with Crippen LogP contribution >= 0.6 is 15.9 Å². The number of nitriles is 1. The number of rotatable bonds is 1. The van der Waals surface area contributed by atoms with Crippen LogP contribution in [-0.4, -0.2) is 15.0 Å². The zero-order valence-corrected chi connectivity index (χ0v) is 12.9. The van der Waals surface area contributed by atoms with E-state index in [2.05, 4.69) is 37.0 Å². The van der Waals surface area contributed by atoms with Gasteiger partial charge in [0.1, 0.15) is 5.82 Å². The van der Waals surface area contributed by atoms with Crippen LogP contribution in [0.5, 0.6) is 0 Å². The number of fused-ring (bicyclic) bond motifs is 3. The molecule has 5 heteroatoms. The molecule has 2 heterocycles. The highest BCUT2D eigenvalue weighted by Gasteiger charge is 2.12. The molecule has 2 aromatic carbocycles. The van der Waals surface area contributed by atoms with E-state index in [4.69, 9.17) is 0 Å². The Morgan fingerprint density at radius 1 is 1.14 bits per heavy atom. The molecule has 104 valence electrons. The topological polar surface area (TPSA) is 65.4 Å². The zero-order valence-electron chi connectivity index (χ0n) is 11.3. The highest BCUT2D eigenvalue weighted by Crippen LogP contribution is 2.28. The summed E-state index contributed by atoms with van der Waals surface area (Å²) >= 11 is 3.45. The molecule has 0 fully saturated rings. The van der Waals surface area contributed by atoms with Gasteiger partial charge in [0.2, 0.25) is 0 Å². The fourth-order valence-corrected chi connectivity index (χ4v) is 2.90. The minimum atomic E-state index is 0.599. The lowest BCUT2D eigenvalue weighted by Gasteiger charge is -1.98. The van der Waals surface area contributed by atoms with Crippen molar-refractivity contribution in [1.82, 2.24) is 15.0 Å². The van der Waals surface area contributed by atoms with E-state index in [1.165, 1.54) is 0 Å². The van der Waals surface area contributed by atoms with E-state index in [1.54, 1.807) is 12.3 Å². The minimum Gasteiger partial charge on any atom is -0.337 e. The van der Waals surface area contributed by atoms with Crippen molar-refractivity contribution in [2.75, 3.05) is 0 Å². The number of halogens is 1. The fourth-order valence-electron chi connectivity index (χ4n) is 2.55. The Hall–Kier alpha value is -2.71. The van der Waals surface area contributed by atoms with Gasteiger partial charge in [-0.25, -0.2) is 4.98 Å². The van der Waals surface area contributed by atoms with Crippen LogP contribution in [0.3, 0.4) is 0 Å². The smallest absolute Gasteiger partial charge is 0.139 e. The summed E-state index contributed by atoms with van der Waals surface area (Å²) in [5.41, 5.74) is 4.00. The van der Waals surface area contributed by atoms with Crippen LogP contribution in [0, 0.1) is 11.3 Å². The lowest BCUT2D eigenvalue weighted by Crippen LogP contribution is -1.85. The molecule has 0 radical (unpaired) electrons. The van der Waals surface area contributed by atoms with Crippen molar-refractivity contribution >= 4 is 37.9 Å². The van der Waals surface area contributed by atoms with E-state index in [1.807, 2.05) is 36.4 Å². The Morgan fingerprint density at radius 2 is 2.00 bits per heavy atom. The molecule has 0 atom stereocenters. The highest BCUT2D eigenvalue weighted by molar-refractivity contribution is 9.10. The Bertz CT molecular complexity index is 1060. The predicted molar refractivity (Wildman–Crippen MR) is 89.2 cm³/mol. The Balaban J connectivity index is 2.02. The predicted octanol–water partition coefficient (Wildman–Crippen LogP) is 4.41. The second-order valence-corrected chi connectivity index (χ2v) is 5.84. The molecule has 0 saturated heterocycles. The number of aromatic amines is 1. The lowest BCUT2D eigenvalue weighted by atomic mass is 10.1. The van der Waals surface area contributed by atoms with Gasteiger partial charge in [-0.3, -0.25) is 4.98 Å². The second-order valence-electron chi connectivity index (χ2n) is 4.92. The molecule has 0 spiro atoms. The van der Waals surface area contributed by atoms with Crippen LogP contribution in [0.25, 0.3) is 33.3 Å². The molecule has 4 aromatic rings. The Kier molecular flexibility index (Phi) is 2.91. The Labute approximate surface area is 134 Å². The molecule has 4 nitrogen and oxygen atoms in total. The molecule has 0 bridgehead atoms. The van der Waals surface area contributed by atoms with Gasteiger partial charge >= 0.3 is 0 Å². The summed E-state index contributed by atoms with van der Waals surface area (Å²) < 4.78 is 0.984.